The number of likely N-dealkylation sites (N-methyl/N-ethyl adjacent to an activating group) is 1. The molecule has 2 rings (SSSR count). The number of hydrogen-bond donors (Lipinski definition) is 1. The molecule has 0 bridgehead atoms. The smallest absolute Gasteiger partial charge is 0.0943 e. The van der Waals surface area contributed by atoms with Crippen LogP contribution < -0.4 is 5.32 Å². The lowest BCUT2D eigenvalue weighted by molar-refractivity contribution is 0.587. The average molecular weight is 311 g/mol. The Bertz CT molecular complexity index is 482. The molecule has 1 aromatic carbocycles. The van der Waals surface area contributed by atoms with E-state index < -0.39 is 0 Å². The number of aryl methyl sites for hydroxylation is 1. The molecule has 0 aliphatic rings. The number of aromatic nitrogens is 1. The molecule has 1 aromatic heterocycles. The molecule has 0 saturated carbocycles. The van der Waals surface area contributed by atoms with E-state index in [9.17, 15) is 0 Å². The van der Waals surface area contributed by atoms with Crippen molar-refractivity contribution < 1.29 is 0 Å². The van der Waals surface area contributed by atoms with E-state index in [1.807, 2.05) is 18.6 Å². The summed E-state index contributed by atoms with van der Waals surface area (Å²) in [6.45, 7) is 2.15. The quantitative estimate of drug-likeness (QED) is 0.931. The molecule has 0 amide bonds. The fourth-order valence-electron chi connectivity index (χ4n) is 1.88. The second-order valence-electron chi connectivity index (χ2n) is 3.97. The summed E-state index contributed by atoms with van der Waals surface area (Å²) in [4.78, 5) is 4.35. The fraction of sp³-hybridized carbons (Fsp3) is 0.308. The van der Waals surface area contributed by atoms with Crippen LogP contribution in [0.5, 0.6) is 0 Å². The van der Waals surface area contributed by atoms with Gasteiger partial charge in [-0.15, -0.1) is 11.3 Å². The first-order valence-corrected chi connectivity index (χ1v) is 7.19. The van der Waals surface area contributed by atoms with Crippen molar-refractivity contribution in [1.29, 1.82) is 0 Å². The molecule has 1 heterocycles. The maximum absolute atomic E-state index is 4.35. The van der Waals surface area contributed by atoms with Gasteiger partial charge in [-0.05, 0) is 37.2 Å². The van der Waals surface area contributed by atoms with Crippen LogP contribution in [-0.4, -0.2) is 12.0 Å². The Kier molecular flexibility index (Phi) is 4.31. The minimum Gasteiger partial charge on any atom is -0.313 e. The highest BCUT2D eigenvalue weighted by atomic mass is 79.9. The Labute approximate surface area is 114 Å². The second-order valence-corrected chi connectivity index (χ2v) is 5.87. The van der Waals surface area contributed by atoms with E-state index in [-0.39, 0.29) is 0 Å². The molecule has 0 aliphatic carbocycles. The SMILES string of the molecule is CNC(Cc1nccs1)c1cc(Br)ccc1C. The van der Waals surface area contributed by atoms with Crippen LogP contribution in [0.2, 0.25) is 0 Å². The van der Waals surface area contributed by atoms with Crippen molar-refractivity contribution in [2.24, 2.45) is 0 Å². The number of benzene rings is 1. The summed E-state index contributed by atoms with van der Waals surface area (Å²) in [5.41, 5.74) is 2.64. The van der Waals surface area contributed by atoms with E-state index in [1.165, 1.54) is 16.1 Å². The molecular weight excluding hydrogens is 296 g/mol. The van der Waals surface area contributed by atoms with Gasteiger partial charge in [0.25, 0.3) is 0 Å². The van der Waals surface area contributed by atoms with E-state index >= 15 is 0 Å². The van der Waals surface area contributed by atoms with Gasteiger partial charge in [0.05, 0.1) is 5.01 Å². The van der Waals surface area contributed by atoms with Crippen LogP contribution in [0, 0.1) is 6.92 Å². The molecule has 2 aromatic rings. The van der Waals surface area contributed by atoms with Gasteiger partial charge >= 0.3 is 0 Å². The molecule has 0 fully saturated rings. The number of halogens is 1. The van der Waals surface area contributed by atoms with E-state index in [4.69, 9.17) is 0 Å². The van der Waals surface area contributed by atoms with Gasteiger partial charge in [-0.2, -0.15) is 0 Å². The van der Waals surface area contributed by atoms with Gasteiger partial charge in [0, 0.05) is 28.5 Å². The van der Waals surface area contributed by atoms with Gasteiger partial charge in [-0.3, -0.25) is 0 Å². The van der Waals surface area contributed by atoms with Crippen LogP contribution in [0.4, 0.5) is 0 Å². The van der Waals surface area contributed by atoms with Crippen LogP contribution in [-0.2, 0) is 6.42 Å². The standard InChI is InChI=1S/C13H15BrN2S/c1-9-3-4-10(14)7-11(9)12(15-2)8-13-16-5-6-17-13/h3-7,12,15H,8H2,1-2H3. The molecule has 0 saturated heterocycles. The molecule has 0 spiro atoms. The van der Waals surface area contributed by atoms with Crippen molar-refractivity contribution in [3.05, 3.63) is 50.4 Å². The lowest BCUT2D eigenvalue weighted by atomic mass is 9.99. The minimum atomic E-state index is 0.318. The van der Waals surface area contributed by atoms with E-state index in [0.29, 0.717) is 6.04 Å². The molecule has 1 N–H and O–H groups in total. The Balaban J connectivity index is 2.25. The van der Waals surface area contributed by atoms with Gasteiger partial charge in [-0.25, -0.2) is 4.98 Å². The lowest BCUT2D eigenvalue weighted by Crippen LogP contribution is -2.19. The molecular formula is C13H15BrN2S. The first-order valence-electron chi connectivity index (χ1n) is 5.52. The highest BCUT2D eigenvalue weighted by Gasteiger charge is 2.14. The Hall–Kier alpha value is -0.710. The summed E-state index contributed by atoms with van der Waals surface area (Å²) in [6.07, 6.45) is 2.80. The summed E-state index contributed by atoms with van der Waals surface area (Å²) in [5.74, 6) is 0. The zero-order chi connectivity index (χ0) is 12.3. The maximum Gasteiger partial charge on any atom is 0.0943 e. The number of thiazole rings is 1. The van der Waals surface area contributed by atoms with Gasteiger partial charge < -0.3 is 5.32 Å². The zero-order valence-corrected chi connectivity index (χ0v) is 12.3. The van der Waals surface area contributed by atoms with Crippen LogP contribution >= 0.6 is 27.3 Å². The summed E-state index contributed by atoms with van der Waals surface area (Å²) in [7, 11) is 2.00. The molecule has 0 aliphatic heterocycles. The summed E-state index contributed by atoms with van der Waals surface area (Å²) in [6, 6.07) is 6.73. The molecule has 2 nitrogen and oxygen atoms in total. The van der Waals surface area contributed by atoms with E-state index in [1.54, 1.807) is 11.3 Å². The second kappa shape index (κ2) is 5.76. The highest BCUT2D eigenvalue weighted by Crippen LogP contribution is 2.25. The topological polar surface area (TPSA) is 24.9 Å². The molecule has 1 unspecified atom stereocenters. The van der Waals surface area contributed by atoms with Crippen molar-refractivity contribution in [1.82, 2.24) is 10.3 Å². The zero-order valence-electron chi connectivity index (χ0n) is 9.90. The minimum absolute atomic E-state index is 0.318. The Morgan fingerprint density at radius 2 is 2.29 bits per heavy atom. The van der Waals surface area contributed by atoms with Crippen molar-refractivity contribution in [2.75, 3.05) is 7.05 Å². The average Bonchev–Trinajstić information content (AvgIpc) is 2.82. The van der Waals surface area contributed by atoms with E-state index in [0.717, 1.165) is 10.9 Å². The third-order valence-corrected chi connectivity index (χ3v) is 4.12. The van der Waals surface area contributed by atoms with Crippen molar-refractivity contribution in [3.8, 4) is 0 Å². The van der Waals surface area contributed by atoms with Crippen LogP contribution in [0.1, 0.15) is 22.2 Å². The molecule has 4 heteroatoms. The largest absolute Gasteiger partial charge is 0.313 e. The molecule has 1 atom stereocenters. The van der Waals surface area contributed by atoms with Gasteiger partial charge in [0.15, 0.2) is 0 Å². The van der Waals surface area contributed by atoms with Crippen LogP contribution in [0.25, 0.3) is 0 Å². The normalized spacial score (nSPS) is 12.6. The van der Waals surface area contributed by atoms with E-state index in [2.05, 4.69) is 51.4 Å². The first kappa shape index (κ1) is 12.7. The third kappa shape index (κ3) is 3.15. The van der Waals surface area contributed by atoms with Crippen LogP contribution in [0.3, 0.4) is 0 Å². The van der Waals surface area contributed by atoms with Crippen molar-refractivity contribution >= 4 is 27.3 Å². The summed E-state index contributed by atoms with van der Waals surface area (Å²) < 4.78 is 1.12. The number of nitrogens with zero attached hydrogens (tertiary/aromatic N) is 1. The fourth-order valence-corrected chi connectivity index (χ4v) is 2.92. The number of rotatable bonds is 4. The summed E-state index contributed by atoms with van der Waals surface area (Å²) >= 11 is 5.24. The third-order valence-electron chi connectivity index (χ3n) is 2.83. The van der Waals surface area contributed by atoms with Gasteiger partial charge in [0.2, 0.25) is 0 Å². The molecule has 90 valence electrons. The van der Waals surface area contributed by atoms with Crippen LogP contribution in [0.15, 0.2) is 34.2 Å². The predicted octanol–water partition coefficient (Wildman–Crippen LogP) is 3.72. The lowest BCUT2D eigenvalue weighted by Gasteiger charge is -2.18. The summed E-state index contributed by atoms with van der Waals surface area (Å²) in [5, 5.41) is 6.56. The van der Waals surface area contributed by atoms with Gasteiger partial charge in [-0.1, -0.05) is 22.0 Å². The number of nitrogens with one attached hydrogen (secondary N) is 1. The maximum atomic E-state index is 4.35. The predicted molar refractivity (Wildman–Crippen MR) is 76.5 cm³/mol. The first-order chi connectivity index (χ1) is 8.20. The van der Waals surface area contributed by atoms with Gasteiger partial charge in [0.1, 0.15) is 0 Å². The highest BCUT2D eigenvalue weighted by molar-refractivity contribution is 9.10. The van der Waals surface area contributed by atoms with Crippen molar-refractivity contribution in [2.45, 2.75) is 19.4 Å². The Morgan fingerprint density at radius 3 is 2.94 bits per heavy atom. The molecule has 0 radical (unpaired) electrons. The van der Waals surface area contributed by atoms with Crippen molar-refractivity contribution in [3.63, 3.8) is 0 Å². The monoisotopic (exact) mass is 310 g/mol. The molecule has 17 heavy (non-hydrogen) atoms. The Morgan fingerprint density at radius 1 is 1.47 bits per heavy atom. The number of hydrogen-bond acceptors (Lipinski definition) is 3.